The summed E-state index contributed by atoms with van der Waals surface area (Å²) in [7, 11) is 0. The van der Waals surface area contributed by atoms with Gasteiger partial charge >= 0.3 is 6.41 Å². The summed E-state index contributed by atoms with van der Waals surface area (Å²) < 4.78 is 0. The van der Waals surface area contributed by atoms with Crippen molar-refractivity contribution in [3.8, 4) is 0 Å². The quantitative estimate of drug-likeness (QED) is 0.219. The topological polar surface area (TPSA) is 88.4 Å². The maximum absolute atomic E-state index is 9.08. The van der Waals surface area contributed by atoms with Gasteiger partial charge in [0, 0.05) is 0 Å². The molecule has 0 radical (unpaired) electrons. The molecule has 0 heterocycles. The van der Waals surface area contributed by atoms with Crippen molar-refractivity contribution in [3.05, 3.63) is 4.91 Å². The van der Waals surface area contributed by atoms with Crippen molar-refractivity contribution in [1.82, 2.24) is 0 Å². The second-order valence-corrected chi connectivity index (χ2v) is 0.602. The molecule has 0 saturated heterocycles. The van der Waals surface area contributed by atoms with Gasteiger partial charge in [-0.3, -0.25) is 0 Å². The Balaban J connectivity index is 2.98. The fraction of sp³-hybridized carbons (Fsp3) is 1.00. The summed E-state index contributed by atoms with van der Waals surface area (Å²) in [4.78, 5) is 12.4. The highest BCUT2D eigenvalue weighted by Crippen LogP contribution is 1.83. The Labute approximate surface area is 38.1 Å². The van der Waals surface area contributed by atoms with Gasteiger partial charge in [-0.15, -0.1) is 9.79 Å². The molecule has 0 spiro atoms. The maximum Gasteiger partial charge on any atom is 0.326 e. The van der Waals surface area contributed by atoms with Crippen LogP contribution in [0.2, 0.25) is 0 Å². The summed E-state index contributed by atoms with van der Waals surface area (Å²) in [5.41, 5.74) is 0. The first-order chi connectivity index (χ1) is 3.31. The van der Waals surface area contributed by atoms with Crippen LogP contribution < -0.4 is 0 Å². The predicted octanol–water partition coefficient (Wildman–Crippen LogP) is -0.550. The number of aliphatic hydroxyl groups excluding tert-OH is 1. The number of aliphatic hydroxyl groups is 1. The van der Waals surface area contributed by atoms with E-state index in [9.17, 15) is 0 Å². The zero-order chi connectivity index (χ0) is 5.70. The van der Waals surface area contributed by atoms with Gasteiger partial charge in [-0.05, 0) is 5.18 Å². The molecule has 1 atom stereocenters. The van der Waals surface area contributed by atoms with E-state index in [1.165, 1.54) is 0 Å². The Hall–Kier alpha value is -0.560. The molecule has 42 valence electrons. The standard InChI is InChI=1S/CH3NO5/c3-1(2-4)6-7-5/h1,3,5H. The zero-order valence-corrected chi connectivity index (χ0v) is 3.14. The monoisotopic (exact) mass is 109 g/mol. The molecule has 2 N–H and O–H groups in total. The first-order valence-electron chi connectivity index (χ1n) is 1.28. The maximum atomic E-state index is 9.08. The van der Waals surface area contributed by atoms with E-state index in [1.807, 2.05) is 5.18 Å². The summed E-state index contributed by atoms with van der Waals surface area (Å²) in [5, 5.41) is 19.9. The molecule has 7 heavy (non-hydrogen) atoms. The smallest absolute Gasteiger partial charge is 0.326 e. The second-order valence-electron chi connectivity index (χ2n) is 0.602. The fourth-order valence-corrected chi connectivity index (χ4v) is 0.0561. The number of nitroso groups, excluding NO2 is 1. The van der Waals surface area contributed by atoms with Crippen LogP contribution in [-0.2, 0) is 9.93 Å². The van der Waals surface area contributed by atoms with Gasteiger partial charge in [-0.1, -0.05) is 5.04 Å². The van der Waals surface area contributed by atoms with E-state index in [2.05, 4.69) is 9.93 Å². The Morgan fingerprint density at radius 1 is 1.71 bits per heavy atom. The van der Waals surface area contributed by atoms with Crippen molar-refractivity contribution in [2.45, 2.75) is 6.41 Å². The summed E-state index contributed by atoms with van der Waals surface area (Å²) in [5.74, 6) is 0. The first-order valence-corrected chi connectivity index (χ1v) is 1.28. The number of rotatable bonds is 3. The molecule has 0 bridgehead atoms. The molecule has 0 aromatic carbocycles. The van der Waals surface area contributed by atoms with Crippen molar-refractivity contribution >= 4 is 0 Å². The summed E-state index contributed by atoms with van der Waals surface area (Å²) in [6.07, 6.45) is -1.95. The van der Waals surface area contributed by atoms with Crippen LogP contribution in [0.25, 0.3) is 0 Å². The molecule has 6 heteroatoms. The Morgan fingerprint density at radius 3 is 2.43 bits per heavy atom. The zero-order valence-electron chi connectivity index (χ0n) is 3.14. The van der Waals surface area contributed by atoms with Gasteiger partial charge in [0.05, 0.1) is 0 Å². The van der Waals surface area contributed by atoms with Crippen molar-refractivity contribution in [2.24, 2.45) is 5.18 Å². The van der Waals surface area contributed by atoms with Crippen LogP contribution in [0.15, 0.2) is 5.18 Å². The molecular weight excluding hydrogens is 106 g/mol. The third-order valence-corrected chi connectivity index (χ3v) is 0.219. The minimum absolute atomic E-state index is 1.88. The van der Waals surface area contributed by atoms with Crippen molar-refractivity contribution in [2.75, 3.05) is 0 Å². The van der Waals surface area contributed by atoms with E-state index < -0.39 is 6.41 Å². The van der Waals surface area contributed by atoms with Gasteiger partial charge in [0.2, 0.25) is 0 Å². The highest BCUT2D eigenvalue weighted by Gasteiger charge is 1.99. The minimum Gasteiger partial charge on any atom is -0.346 e. The average molecular weight is 109 g/mol. The molecule has 0 aromatic heterocycles. The van der Waals surface area contributed by atoms with E-state index >= 15 is 0 Å². The van der Waals surface area contributed by atoms with Crippen LogP contribution in [-0.4, -0.2) is 16.8 Å². The highest BCUT2D eigenvalue weighted by atomic mass is 17.5. The van der Waals surface area contributed by atoms with Gasteiger partial charge in [-0.2, -0.15) is 0 Å². The molecule has 0 rings (SSSR count). The van der Waals surface area contributed by atoms with E-state index in [4.69, 9.17) is 15.3 Å². The molecule has 0 saturated carbocycles. The molecule has 6 nitrogen and oxygen atoms in total. The summed E-state index contributed by atoms with van der Waals surface area (Å²) in [6, 6.07) is 0. The van der Waals surface area contributed by atoms with Crippen molar-refractivity contribution < 1.29 is 20.3 Å². The lowest BCUT2D eigenvalue weighted by molar-refractivity contribution is -0.525. The van der Waals surface area contributed by atoms with E-state index in [1.54, 1.807) is 0 Å². The predicted molar refractivity (Wildman–Crippen MR) is 16.6 cm³/mol. The average Bonchev–Trinajstić information content (AvgIpc) is 1.68. The Morgan fingerprint density at radius 2 is 2.29 bits per heavy atom. The molecule has 0 amide bonds. The van der Waals surface area contributed by atoms with Gasteiger partial charge in [-0.25, -0.2) is 5.26 Å². The second kappa shape index (κ2) is 3.62. The van der Waals surface area contributed by atoms with E-state index in [-0.39, 0.29) is 0 Å². The molecular formula is CH3NO5. The largest absolute Gasteiger partial charge is 0.346 e. The minimum atomic E-state index is -1.95. The van der Waals surface area contributed by atoms with E-state index in [0.717, 1.165) is 0 Å². The van der Waals surface area contributed by atoms with E-state index in [0.29, 0.717) is 0 Å². The van der Waals surface area contributed by atoms with Gasteiger partial charge < -0.3 is 5.11 Å². The Bertz CT molecular complexity index is 54.0. The SMILES string of the molecule is O=NC(O)OOO. The van der Waals surface area contributed by atoms with Gasteiger partial charge in [0.1, 0.15) is 0 Å². The molecule has 1 unspecified atom stereocenters. The lowest BCUT2D eigenvalue weighted by Crippen LogP contribution is -2.05. The summed E-state index contributed by atoms with van der Waals surface area (Å²) >= 11 is 0. The van der Waals surface area contributed by atoms with Crippen LogP contribution in [0, 0.1) is 4.91 Å². The third kappa shape index (κ3) is 3.27. The lowest BCUT2D eigenvalue weighted by Gasteiger charge is -1.92. The van der Waals surface area contributed by atoms with Crippen molar-refractivity contribution in [3.63, 3.8) is 0 Å². The fourth-order valence-electron chi connectivity index (χ4n) is 0.0561. The molecule has 0 aromatic rings. The van der Waals surface area contributed by atoms with Crippen LogP contribution in [0.5, 0.6) is 0 Å². The van der Waals surface area contributed by atoms with Crippen LogP contribution in [0.1, 0.15) is 0 Å². The normalized spacial score (nSPS) is 13.4. The van der Waals surface area contributed by atoms with Crippen LogP contribution >= 0.6 is 0 Å². The lowest BCUT2D eigenvalue weighted by atomic mass is 11.2. The van der Waals surface area contributed by atoms with Crippen LogP contribution in [0.3, 0.4) is 0 Å². The molecule has 0 aliphatic carbocycles. The third-order valence-electron chi connectivity index (χ3n) is 0.219. The first kappa shape index (κ1) is 6.44. The summed E-state index contributed by atoms with van der Waals surface area (Å²) in [6.45, 7) is 0. The molecule has 0 fully saturated rings. The van der Waals surface area contributed by atoms with Crippen LogP contribution in [0.4, 0.5) is 0 Å². The number of hydrogen-bond donors (Lipinski definition) is 2. The number of hydrogen-bond acceptors (Lipinski definition) is 6. The molecule has 0 aliphatic rings. The highest BCUT2D eigenvalue weighted by molar-refractivity contribution is 4.22. The molecule has 0 aliphatic heterocycles. The van der Waals surface area contributed by atoms with Gasteiger partial charge in [0.25, 0.3) is 0 Å². The van der Waals surface area contributed by atoms with Gasteiger partial charge in [0.15, 0.2) is 0 Å². The Kier molecular flexibility index (Phi) is 3.33. The van der Waals surface area contributed by atoms with Crippen molar-refractivity contribution in [1.29, 1.82) is 0 Å². The number of nitrogens with zero attached hydrogens (tertiary/aromatic N) is 1.